The molecule has 6 heteroatoms. The van der Waals surface area contributed by atoms with E-state index in [2.05, 4.69) is 0 Å². The maximum Gasteiger partial charge on any atom is 0.268 e. The predicted octanol–water partition coefficient (Wildman–Crippen LogP) is 6.48. The molecule has 0 atom stereocenters. The van der Waals surface area contributed by atoms with Crippen molar-refractivity contribution in [3.05, 3.63) is 77.4 Å². The molecule has 0 saturated heterocycles. The van der Waals surface area contributed by atoms with E-state index < -0.39 is 10.0 Å². The quantitative estimate of drug-likeness (QED) is 0.444. The summed E-state index contributed by atoms with van der Waals surface area (Å²) < 4.78 is 34.4. The van der Waals surface area contributed by atoms with E-state index in [0.717, 1.165) is 5.56 Å². The van der Waals surface area contributed by atoms with E-state index >= 15 is 0 Å². The van der Waals surface area contributed by atoms with E-state index in [1.807, 2.05) is 34.6 Å². The van der Waals surface area contributed by atoms with Crippen molar-refractivity contribution in [3.8, 4) is 11.5 Å². The monoisotopic (exact) mass is 453 g/mol. The minimum atomic E-state index is -3.93. The lowest BCUT2D eigenvalue weighted by Crippen LogP contribution is -2.26. The molecule has 3 rings (SSSR count). The van der Waals surface area contributed by atoms with Gasteiger partial charge in [-0.15, -0.1) is 0 Å². The molecule has 0 aliphatic rings. The van der Waals surface area contributed by atoms with E-state index in [1.165, 1.54) is 4.31 Å². The fourth-order valence-corrected chi connectivity index (χ4v) is 5.09. The van der Waals surface area contributed by atoms with Gasteiger partial charge in [0, 0.05) is 0 Å². The van der Waals surface area contributed by atoms with Crippen LogP contribution in [0.25, 0.3) is 0 Å². The number of anilines is 2. The Hall–Kier alpha value is -2.99. The zero-order chi connectivity index (χ0) is 23.6. The highest BCUT2D eigenvalue weighted by Crippen LogP contribution is 2.41. The number of aryl methyl sites for hydroxylation is 1. The summed E-state index contributed by atoms with van der Waals surface area (Å²) in [6.07, 6.45) is 0. The minimum Gasteiger partial charge on any atom is -0.507 e. The fourth-order valence-electron chi connectivity index (χ4n) is 3.62. The summed E-state index contributed by atoms with van der Waals surface area (Å²) in [4.78, 5) is 0.198. The molecule has 3 aromatic carbocycles. The highest BCUT2D eigenvalue weighted by atomic mass is 32.2. The van der Waals surface area contributed by atoms with Crippen molar-refractivity contribution in [2.24, 2.45) is 0 Å². The molecule has 0 radical (unpaired) electrons. The van der Waals surface area contributed by atoms with Gasteiger partial charge in [-0.2, -0.15) is 0 Å². The van der Waals surface area contributed by atoms with Crippen LogP contribution in [0.3, 0.4) is 0 Å². The van der Waals surface area contributed by atoms with E-state index in [1.54, 1.807) is 67.8 Å². The third-order valence-corrected chi connectivity index (χ3v) is 7.27. The molecule has 0 amide bonds. The molecule has 1 N–H and O–H groups in total. The zero-order valence-electron chi connectivity index (χ0n) is 19.5. The second-order valence-corrected chi connectivity index (χ2v) is 10.3. The number of methoxy groups -OCH3 is 1. The Bertz CT molecular complexity index is 1150. The van der Waals surface area contributed by atoms with Crippen LogP contribution in [0.2, 0.25) is 0 Å². The first-order valence-electron chi connectivity index (χ1n) is 10.7. The smallest absolute Gasteiger partial charge is 0.268 e. The summed E-state index contributed by atoms with van der Waals surface area (Å²) in [6, 6.07) is 17.3. The standard InChI is InChI=1S/C26H31NO4S/c1-17(2)24-15-21(16-25(18(3)4)26(24)28)27(20-9-11-22(31-6)12-10-20)32(29,30)23-13-7-19(5)8-14-23/h7-18,28H,1-6H3. The average molecular weight is 454 g/mol. The Morgan fingerprint density at radius 2 is 1.31 bits per heavy atom. The van der Waals surface area contributed by atoms with Crippen molar-refractivity contribution >= 4 is 21.4 Å². The molecule has 0 spiro atoms. The number of phenolic OH excluding ortho intramolecular Hbond substituents is 1. The maximum atomic E-state index is 13.9. The lowest BCUT2D eigenvalue weighted by atomic mass is 9.93. The first-order chi connectivity index (χ1) is 15.1. The van der Waals surface area contributed by atoms with Crippen LogP contribution >= 0.6 is 0 Å². The van der Waals surface area contributed by atoms with Gasteiger partial charge in [0.2, 0.25) is 0 Å². The molecule has 0 heterocycles. The Balaban J connectivity index is 2.31. The largest absolute Gasteiger partial charge is 0.507 e. The van der Waals surface area contributed by atoms with Crippen molar-refractivity contribution in [2.45, 2.75) is 51.3 Å². The number of hydrogen-bond donors (Lipinski definition) is 1. The number of hydrogen-bond acceptors (Lipinski definition) is 4. The van der Waals surface area contributed by atoms with Crippen LogP contribution in [-0.2, 0) is 10.0 Å². The number of nitrogens with zero attached hydrogens (tertiary/aromatic N) is 1. The molecule has 0 bridgehead atoms. The number of ether oxygens (including phenoxy) is 1. The molecule has 0 saturated carbocycles. The fraction of sp³-hybridized carbons (Fsp3) is 0.308. The van der Waals surface area contributed by atoms with Gasteiger partial charge in [0.15, 0.2) is 0 Å². The van der Waals surface area contributed by atoms with Crippen molar-refractivity contribution in [3.63, 3.8) is 0 Å². The summed E-state index contributed by atoms with van der Waals surface area (Å²) in [5.74, 6) is 0.901. The van der Waals surface area contributed by atoms with Crippen LogP contribution in [0, 0.1) is 6.92 Å². The second-order valence-electron chi connectivity index (χ2n) is 8.56. The van der Waals surface area contributed by atoms with E-state index in [-0.39, 0.29) is 22.5 Å². The van der Waals surface area contributed by atoms with Gasteiger partial charge < -0.3 is 9.84 Å². The molecule has 3 aromatic rings. The first-order valence-corrected chi connectivity index (χ1v) is 12.1. The third kappa shape index (κ3) is 4.60. The Morgan fingerprint density at radius 3 is 1.75 bits per heavy atom. The van der Waals surface area contributed by atoms with Crippen molar-refractivity contribution in [1.29, 1.82) is 0 Å². The molecule has 0 fully saturated rings. The summed E-state index contributed by atoms with van der Waals surface area (Å²) in [5.41, 5.74) is 3.38. The molecular formula is C26H31NO4S. The topological polar surface area (TPSA) is 66.8 Å². The lowest BCUT2D eigenvalue weighted by Gasteiger charge is -2.27. The van der Waals surface area contributed by atoms with Gasteiger partial charge in [0.05, 0.1) is 23.4 Å². The Labute approximate surface area is 191 Å². The highest BCUT2D eigenvalue weighted by molar-refractivity contribution is 7.93. The normalized spacial score (nSPS) is 11.8. The van der Waals surface area contributed by atoms with Crippen molar-refractivity contribution < 1.29 is 18.3 Å². The molecular weight excluding hydrogens is 422 g/mol. The highest BCUT2D eigenvalue weighted by Gasteiger charge is 2.29. The maximum absolute atomic E-state index is 13.9. The summed E-state index contributed by atoms with van der Waals surface area (Å²) >= 11 is 0. The first kappa shape index (κ1) is 23.7. The number of phenols is 1. The second kappa shape index (κ2) is 9.25. The molecule has 0 aliphatic heterocycles. The van der Waals surface area contributed by atoms with E-state index in [0.29, 0.717) is 28.3 Å². The van der Waals surface area contributed by atoms with Gasteiger partial charge >= 0.3 is 0 Å². The van der Waals surface area contributed by atoms with Gasteiger partial charge in [-0.25, -0.2) is 12.7 Å². The third-order valence-electron chi connectivity index (χ3n) is 5.50. The molecule has 0 unspecified atom stereocenters. The molecule has 5 nitrogen and oxygen atoms in total. The van der Waals surface area contributed by atoms with Crippen LogP contribution in [0.5, 0.6) is 11.5 Å². The molecule has 0 aliphatic carbocycles. The number of benzene rings is 3. The summed E-state index contributed by atoms with van der Waals surface area (Å²) in [5, 5.41) is 10.8. The van der Waals surface area contributed by atoms with Crippen LogP contribution in [-0.4, -0.2) is 20.6 Å². The number of rotatable bonds is 7. The molecule has 0 aromatic heterocycles. The molecule has 170 valence electrons. The zero-order valence-corrected chi connectivity index (χ0v) is 20.3. The van der Waals surface area contributed by atoms with Crippen molar-refractivity contribution in [2.75, 3.05) is 11.4 Å². The SMILES string of the molecule is COc1ccc(N(c2cc(C(C)C)c(O)c(C(C)C)c2)S(=O)(=O)c2ccc(C)cc2)cc1. The van der Waals surface area contributed by atoms with Crippen molar-refractivity contribution in [1.82, 2.24) is 0 Å². The molecule has 32 heavy (non-hydrogen) atoms. The van der Waals surface area contributed by atoms with Gasteiger partial charge in [-0.05, 0) is 78.4 Å². The van der Waals surface area contributed by atoms with Crippen LogP contribution < -0.4 is 9.04 Å². The summed E-state index contributed by atoms with van der Waals surface area (Å²) in [7, 11) is -2.36. The van der Waals surface area contributed by atoms with E-state index in [4.69, 9.17) is 4.74 Å². The van der Waals surface area contributed by atoms with Gasteiger partial charge in [-0.1, -0.05) is 45.4 Å². The van der Waals surface area contributed by atoms with Crippen LogP contribution in [0.4, 0.5) is 11.4 Å². The number of aromatic hydroxyl groups is 1. The Morgan fingerprint density at radius 1 is 0.812 bits per heavy atom. The lowest BCUT2D eigenvalue weighted by molar-refractivity contribution is 0.415. The predicted molar refractivity (Wildman–Crippen MR) is 130 cm³/mol. The minimum absolute atomic E-state index is 0.0206. The Kier molecular flexibility index (Phi) is 6.84. The van der Waals surface area contributed by atoms with Crippen LogP contribution in [0.15, 0.2) is 65.6 Å². The summed E-state index contributed by atoms with van der Waals surface area (Å²) in [6.45, 7) is 9.84. The average Bonchev–Trinajstić information content (AvgIpc) is 2.75. The van der Waals surface area contributed by atoms with Gasteiger partial charge in [0.25, 0.3) is 10.0 Å². The van der Waals surface area contributed by atoms with E-state index in [9.17, 15) is 13.5 Å². The number of sulfonamides is 1. The van der Waals surface area contributed by atoms with Gasteiger partial charge in [-0.3, -0.25) is 0 Å². The van der Waals surface area contributed by atoms with Crippen LogP contribution in [0.1, 0.15) is 56.2 Å². The van der Waals surface area contributed by atoms with Gasteiger partial charge in [0.1, 0.15) is 11.5 Å².